The van der Waals surface area contributed by atoms with Gasteiger partial charge in [-0.15, -0.1) is 4.91 Å². The maximum absolute atomic E-state index is 10.4. The van der Waals surface area contributed by atoms with Crippen molar-refractivity contribution in [2.24, 2.45) is 11.0 Å². The van der Waals surface area contributed by atoms with Crippen LogP contribution in [0.2, 0.25) is 0 Å². The maximum atomic E-state index is 10.4. The van der Waals surface area contributed by atoms with Gasteiger partial charge in [-0.25, -0.2) is 5.43 Å². The van der Waals surface area contributed by atoms with Crippen molar-refractivity contribution >= 4 is 17.4 Å². The van der Waals surface area contributed by atoms with Crippen LogP contribution in [-0.4, -0.2) is 17.8 Å². The zero-order valence-electron chi connectivity index (χ0n) is 4.50. The van der Waals surface area contributed by atoms with Crippen LogP contribution in [0.3, 0.4) is 0 Å². The molecule has 0 aliphatic rings. The molecule has 0 spiro atoms. The molecule has 0 aliphatic carbocycles. The number of hydrogen-bond acceptors (Lipinski definition) is 4. The molecule has 0 saturated carbocycles. The first-order valence-electron chi connectivity index (χ1n) is 2.17. The SMILES string of the molecule is NCC(=O)C(Cl)NN=O. The van der Waals surface area contributed by atoms with E-state index in [4.69, 9.17) is 17.3 Å². The number of ketones is 1. The van der Waals surface area contributed by atoms with E-state index in [0.717, 1.165) is 0 Å². The lowest BCUT2D eigenvalue weighted by Crippen LogP contribution is -2.32. The van der Waals surface area contributed by atoms with E-state index in [0.29, 0.717) is 0 Å². The van der Waals surface area contributed by atoms with Gasteiger partial charge in [-0.1, -0.05) is 11.6 Å². The summed E-state index contributed by atoms with van der Waals surface area (Å²) in [7, 11) is 0. The molecule has 1 atom stereocenters. The Balaban J connectivity index is 3.58. The third kappa shape index (κ3) is 2.99. The number of hydrogen-bond donors (Lipinski definition) is 2. The van der Waals surface area contributed by atoms with Crippen LogP contribution < -0.4 is 11.2 Å². The molecule has 1 unspecified atom stereocenters. The van der Waals surface area contributed by atoms with Gasteiger partial charge in [0.1, 0.15) is 0 Å². The average Bonchev–Trinajstić information content (AvgIpc) is 1.87. The molecule has 0 aliphatic heterocycles. The molecule has 5 nitrogen and oxygen atoms in total. The van der Waals surface area contributed by atoms with Crippen LogP contribution in [0.25, 0.3) is 0 Å². The maximum Gasteiger partial charge on any atom is 0.185 e. The Bertz CT molecular complexity index is 118. The highest BCUT2D eigenvalue weighted by molar-refractivity contribution is 6.31. The molecule has 0 aromatic rings. The second-order valence-corrected chi connectivity index (χ2v) is 1.69. The first kappa shape index (κ1) is 8.32. The summed E-state index contributed by atoms with van der Waals surface area (Å²) in [4.78, 5) is 19.8. The van der Waals surface area contributed by atoms with Gasteiger partial charge in [0.25, 0.3) is 0 Å². The van der Waals surface area contributed by atoms with Gasteiger partial charge in [0.05, 0.1) is 11.8 Å². The Morgan fingerprint density at radius 1 is 1.89 bits per heavy atom. The highest BCUT2D eigenvalue weighted by Gasteiger charge is 2.11. The predicted molar refractivity (Wildman–Crippen MR) is 32.6 cm³/mol. The molecule has 0 amide bonds. The van der Waals surface area contributed by atoms with Crippen LogP contribution in [0.5, 0.6) is 0 Å². The Hall–Kier alpha value is -0.680. The van der Waals surface area contributed by atoms with E-state index in [-0.39, 0.29) is 6.54 Å². The lowest BCUT2D eigenvalue weighted by atomic mass is 10.4. The second-order valence-electron chi connectivity index (χ2n) is 1.25. The van der Waals surface area contributed by atoms with Crippen molar-refractivity contribution in [2.75, 3.05) is 6.54 Å². The van der Waals surface area contributed by atoms with Crippen molar-refractivity contribution in [3.05, 3.63) is 4.91 Å². The number of Topliss-reactive ketones (excluding diaryl/α,β-unsaturated/α-hetero) is 1. The van der Waals surface area contributed by atoms with Crippen LogP contribution in [0, 0.1) is 4.91 Å². The Morgan fingerprint density at radius 2 is 2.44 bits per heavy atom. The summed E-state index contributed by atoms with van der Waals surface area (Å²) in [5.41, 5.74) is 5.60. The van der Waals surface area contributed by atoms with Crippen molar-refractivity contribution < 1.29 is 4.79 Å². The molecule has 6 heteroatoms. The molecule has 0 bridgehead atoms. The fourth-order valence-corrected chi connectivity index (χ4v) is 0.351. The van der Waals surface area contributed by atoms with Crippen LogP contribution in [0.4, 0.5) is 0 Å². The Labute approximate surface area is 56.5 Å². The van der Waals surface area contributed by atoms with Gasteiger partial charge in [-0.3, -0.25) is 4.79 Å². The molecular weight excluding hydrogens is 146 g/mol. The minimum absolute atomic E-state index is 0.198. The first-order valence-corrected chi connectivity index (χ1v) is 2.60. The van der Waals surface area contributed by atoms with Crippen molar-refractivity contribution in [1.82, 2.24) is 5.43 Å². The zero-order chi connectivity index (χ0) is 7.28. The van der Waals surface area contributed by atoms with Gasteiger partial charge in [-0.05, 0) is 0 Å². The van der Waals surface area contributed by atoms with Crippen LogP contribution in [0.1, 0.15) is 0 Å². The molecule has 0 aromatic carbocycles. The molecule has 0 rings (SSSR count). The number of nitrogens with two attached hydrogens (primary N) is 1. The van der Waals surface area contributed by atoms with Crippen LogP contribution in [-0.2, 0) is 4.79 Å². The highest BCUT2D eigenvalue weighted by atomic mass is 35.5. The number of rotatable bonds is 4. The van der Waals surface area contributed by atoms with E-state index >= 15 is 0 Å². The Morgan fingerprint density at radius 3 is 2.78 bits per heavy atom. The molecule has 0 heterocycles. The fraction of sp³-hybridized carbons (Fsp3) is 0.667. The average molecular weight is 152 g/mol. The van der Waals surface area contributed by atoms with Gasteiger partial charge in [0.15, 0.2) is 11.3 Å². The summed E-state index contributed by atoms with van der Waals surface area (Å²) in [6, 6.07) is 0. The molecule has 52 valence electrons. The number of nitrogens with one attached hydrogen (secondary N) is 1. The van der Waals surface area contributed by atoms with Gasteiger partial charge < -0.3 is 5.73 Å². The summed E-state index contributed by atoms with van der Waals surface area (Å²) in [5.74, 6) is -0.462. The molecular formula is C3H6ClN3O2. The van der Waals surface area contributed by atoms with Crippen LogP contribution >= 0.6 is 11.6 Å². The Kier molecular flexibility index (Phi) is 3.90. The van der Waals surface area contributed by atoms with E-state index in [1.807, 2.05) is 0 Å². The number of alkyl halides is 1. The zero-order valence-corrected chi connectivity index (χ0v) is 5.26. The summed E-state index contributed by atoms with van der Waals surface area (Å²) >= 11 is 5.20. The van der Waals surface area contributed by atoms with Crippen LogP contribution in [0.15, 0.2) is 5.29 Å². The van der Waals surface area contributed by atoms with E-state index in [2.05, 4.69) is 5.29 Å². The van der Waals surface area contributed by atoms with Crippen molar-refractivity contribution in [1.29, 1.82) is 0 Å². The minimum Gasteiger partial charge on any atom is -0.324 e. The normalized spacial score (nSPS) is 12.2. The standard InChI is InChI=1S/C3H6ClN3O2/c4-3(6-7-9)2(8)1-5/h3H,1,5H2,(H,6,9). The lowest BCUT2D eigenvalue weighted by Gasteiger charge is -2.00. The second kappa shape index (κ2) is 4.22. The summed E-state index contributed by atoms with van der Waals surface area (Å²) < 4.78 is 0. The summed E-state index contributed by atoms with van der Waals surface area (Å²) in [5, 5.41) is 2.20. The molecule has 9 heavy (non-hydrogen) atoms. The number of halogens is 1. The van der Waals surface area contributed by atoms with E-state index < -0.39 is 11.3 Å². The summed E-state index contributed by atoms with van der Waals surface area (Å²) in [6.07, 6.45) is 0. The largest absolute Gasteiger partial charge is 0.324 e. The lowest BCUT2D eigenvalue weighted by molar-refractivity contribution is -0.117. The van der Waals surface area contributed by atoms with Gasteiger partial charge in [0.2, 0.25) is 0 Å². The minimum atomic E-state index is -1.09. The third-order valence-corrected chi connectivity index (χ3v) is 0.991. The van der Waals surface area contributed by atoms with Gasteiger partial charge in [0, 0.05) is 0 Å². The fourth-order valence-electron chi connectivity index (χ4n) is 0.222. The van der Waals surface area contributed by atoms with Crippen molar-refractivity contribution in [3.8, 4) is 0 Å². The third-order valence-electron chi connectivity index (χ3n) is 0.650. The number of nitrogens with zero attached hydrogens (tertiary/aromatic N) is 1. The first-order chi connectivity index (χ1) is 4.22. The predicted octanol–water partition coefficient (Wildman–Crippen LogP) is -0.650. The van der Waals surface area contributed by atoms with Crippen molar-refractivity contribution in [3.63, 3.8) is 0 Å². The number of carbonyl (C=O) groups is 1. The highest BCUT2D eigenvalue weighted by Crippen LogP contribution is 1.89. The quantitative estimate of drug-likeness (QED) is 0.242. The monoisotopic (exact) mass is 151 g/mol. The molecule has 0 radical (unpaired) electrons. The van der Waals surface area contributed by atoms with Crippen molar-refractivity contribution in [2.45, 2.75) is 5.50 Å². The molecule has 0 saturated heterocycles. The molecule has 3 N–H and O–H groups in total. The summed E-state index contributed by atoms with van der Waals surface area (Å²) in [6.45, 7) is -0.198. The number of carbonyl (C=O) groups excluding carboxylic acids is 1. The van der Waals surface area contributed by atoms with E-state index in [9.17, 15) is 9.70 Å². The van der Waals surface area contributed by atoms with E-state index in [1.165, 1.54) is 0 Å². The smallest absolute Gasteiger partial charge is 0.185 e. The number of nitroso groups, excluding NO2 is 1. The van der Waals surface area contributed by atoms with Gasteiger partial charge in [-0.2, -0.15) is 0 Å². The van der Waals surface area contributed by atoms with Gasteiger partial charge >= 0.3 is 0 Å². The molecule has 0 aromatic heterocycles. The van der Waals surface area contributed by atoms with E-state index in [1.54, 1.807) is 5.43 Å². The topological polar surface area (TPSA) is 84.6 Å². The molecule has 0 fully saturated rings.